The highest BCUT2D eigenvalue weighted by atomic mass is 79.9. The SMILES string of the molecule is COC(=O)[C@@H]1[C@@H](CO)[C@@H]2Cn3c(ccc(Br)c3=O)[C@H]1N2S(=O)(=O)c1cn(C)cn1. The number of ether oxygens (including phenoxy) is 1. The molecule has 2 aromatic heterocycles. The first-order chi connectivity index (χ1) is 13.7. The number of aliphatic hydroxyl groups excluding tert-OH is 1. The van der Waals surface area contributed by atoms with Crippen molar-refractivity contribution in [1.82, 2.24) is 18.4 Å². The average Bonchev–Trinajstić information content (AvgIpc) is 3.24. The van der Waals surface area contributed by atoms with Gasteiger partial charge in [-0.05, 0) is 28.1 Å². The number of aliphatic hydroxyl groups is 1. The van der Waals surface area contributed by atoms with Crippen molar-refractivity contribution >= 4 is 31.9 Å². The fraction of sp³-hybridized carbons (Fsp3) is 0.471. The van der Waals surface area contributed by atoms with Crippen LogP contribution in [0.3, 0.4) is 0 Å². The van der Waals surface area contributed by atoms with Crippen LogP contribution in [0.15, 0.2) is 39.0 Å². The highest BCUT2D eigenvalue weighted by molar-refractivity contribution is 9.10. The summed E-state index contributed by atoms with van der Waals surface area (Å²) < 4.78 is 36.4. The second kappa shape index (κ2) is 7.04. The maximum Gasteiger partial charge on any atom is 0.311 e. The Morgan fingerprint density at radius 1 is 1.41 bits per heavy atom. The van der Waals surface area contributed by atoms with Crippen molar-refractivity contribution in [3.63, 3.8) is 0 Å². The molecule has 0 aliphatic carbocycles. The molecule has 0 amide bonds. The third-order valence-corrected chi connectivity index (χ3v) is 8.03. The molecule has 2 bridgehead atoms. The molecule has 29 heavy (non-hydrogen) atoms. The summed E-state index contributed by atoms with van der Waals surface area (Å²) in [5.74, 6) is -2.33. The second-order valence-corrected chi connectivity index (χ2v) is 9.79. The molecule has 0 radical (unpaired) electrons. The fourth-order valence-electron chi connectivity index (χ4n) is 4.39. The summed E-state index contributed by atoms with van der Waals surface area (Å²) in [6.07, 6.45) is 2.74. The molecule has 2 aliphatic rings. The van der Waals surface area contributed by atoms with Crippen LogP contribution in [0.2, 0.25) is 0 Å². The number of carbonyl (C=O) groups excluding carboxylic acids is 1. The number of methoxy groups -OCH3 is 1. The minimum Gasteiger partial charge on any atom is -0.469 e. The van der Waals surface area contributed by atoms with Crippen molar-refractivity contribution in [2.24, 2.45) is 18.9 Å². The predicted molar refractivity (Wildman–Crippen MR) is 103 cm³/mol. The molecule has 1 fully saturated rings. The quantitative estimate of drug-likeness (QED) is 0.596. The largest absolute Gasteiger partial charge is 0.469 e. The summed E-state index contributed by atoms with van der Waals surface area (Å²) in [4.78, 5) is 29.3. The molecule has 2 aromatic rings. The van der Waals surface area contributed by atoms with Gasteiger partial charge in [0, 0.05) is 44.0 Å². The third-order valence-electron chi connectivity index (χ3n) is 5.64. The van der Waals surface area contributed by atoms with Gasteiger partial charge in [-0.3, -0.25) is 9.59 Å². The number of pyridine rings is 1. The number of rotatable bonds is 4. The van der Waals surface area contributed by atoms with E-state index in [2.05, 4.69) is 20.9 Å². The summed E-state index contributed by atoms with van der Waals surface area (Å²) in [5.41, 5.74) is 0.0508. The van der Waals surface area contributed by atoms with Gasteiger partial charge in [-0.25, -0.2) is 13.4 Å². The Bertz CT molecular complexity index is 1140. The molecule has 1 N–H and O–H groups in total. The van der Waals surface area contributed by atoms with Crippen LogP contribution in [0, 0.1) is 11.8 Å². The zero-order chi connectivity index (χ0) is 21.1. The topological polar surface area (TPSA) is 124 Å². The van der Waals surface area contributed by atoms with Crippen molar-refractivity contribution in [2.45, 2.75) is 23.7 Å². The molecule has 12 heteroatoms. The molecule has 4 rings (SSSR count). The first kappa shape index (κ1) is 20.3. The number of imidazole rings is 1. The summed E-state index contributed by atoms with van der Waals surface area (Å²) in [6, 6.07) is 1.34. The van der Waals surface area contributed by atoms with Crippen LogP contribution in [-0.2, 0) is 33.1 Å². The van der Waals surface area contributed by atoms with E-state index in [0.29, 0.717) is 10.2 Å². The Morgan fingerprint density at radius 3 is 2.72 bits per heavy atom. The summed E-state index contributed by atoms with van der Waals surface area (Å²) in [6.45, 7) is -0.423. The predicted octanol–water partition coefficient (Wildman–Crippen LogP) is -0.130. The number of fused-ring (bicyclic) bond motifs is 4. The normalized spacial score (nSPS) is 26.3. The number of aromatic nitrogens is 3. The minimum atomic E-state index is -4.11. The van der Waals surface area contributed by atoms with E-state index in [0.717, 1.165) is 0 Å². The van der Waals surface area contributed by atoms with Gasteiger partial charge in [-0.2, -0.15) is 4.31 Å². The average molecular weight is 487 g/mol. The Balaban J connectivity index is 1.96. The number of nitrogens with zero attached hydrogens (tertiary/aromatic N) is 4. The minimum absolute atomic E-state index is 0.00882. The molecule has 4 atom stereocenters. The molecule has 10 nitrogen and oxygen atoms in total. The fourth-order valence-corrected chi connectivity index (χ4v) is 6.55. The Hall–Kier alpha value is -2.02. The summed E-state index contributed by atoms with van der Waals surface area (Å²) in [7, 11) is -1.24. The van der Waals surface area contributed by atoms with E-state index in [1.807, 2.05) is 0 Å². The lowest BCUT2D eigenvalue weighted by atomic mass is 9.87. The number of hydrogen-bond acceptors (Lipinski definition) is 7. The van der Waals surface area contributed by atoms with Crippen molar-refractivity contribution in [2.75, 3.05) is 13.7 Å². The van der Waals surface area contributed by atoms with Gasteiger partial charge in [-0.15, -0.1) is 0 Å². The van der Waals surface area contributed by atoms with Gasteiger partial charge in [0.2, 0.25) is 0 Å². The standard InChI is InChI=1S/C17H19BrN4O6S/c1-20-6-13(19-8-20)29(26,27)22-12-5-21-11(4-3-10(18)16(21)24)15(22)14(9(12)7-23)17(25)28-2/h3-4,6,8-9,12,14-15,23H,5,7H2,1-2H3/t9-,12-,14+,15+/m0/s1. The summed E-state index contributed by atoms with van der Waals surface area (Å²) in [5, 5.41) is 9.88. The van der Waals surface area contributed by atoms with E-state index in [1.165, 1.54) is 39.1 Å². The van der Waals surface area contributed by atoms with Crippen LogP contribution in [0.25, 0.3) is 0 Å². The zero-order valence-corrected chi connectivity index (χ0v) is 18.0. The molecular formula is C17H19BrN4O6S. The number of sulfonamides is 1. The van der Waals surface area contributed by atoms with Gasteiger partial charge in [0.1, 0.15) is 0 Å². The molecule has 0 aromatic carbocycles. The molecule has 0 unspecified atom stereocenters. The molecule has 2 aliphatic heterocycles. The first-order valence-corrected chi connectivity index (χ1v) is 11.0. The van der Waals surface area contributed by atoms with Gasteiger partial charge in [0.05, 0.1) is 29.9 Å². The number of esters is 1. The van der Waals surface area contributed by atoms with Gasteiger partial charge in [0.15, 0.2) is 5.03 Å². The Morgan fingerprint density at radius 2 is 2.14 bits per heavy atom. The monoisotopic (exact) mass is 486 g/mol. The Kier molecular flexibility index (Phi) is 4.92. The van der Waals surface area contributed by atoms with E-state index in [1.54, 1.807) is 13.1 Å². The number of hydrogen-bond donors (Lipinski definition) is 1. The van der Waals surface area contributed by atoms with Gasteiger partial charge >= 0.3 is 5.97 Å². The van der Waals surface area contributed by atoms with Crippen LogP contribution in [0.4, 0.5) is 0 Å². The lowest BCUT2D eigenvalue weighted by Crippen LogP contribution is -2.49. The maximum atomic E-state index is 13.5. The smallest absolute Gasteiger partial charge is 0.311 e. The van der Waals surface area contributed by atoms with Gasteiger partial charge in [0.25, 0.3) is 15.6 Å². The number of carbonyl (C=O) groups is 1. The second-order valence-electron chi connectivity index (χ2n) is 7.14. The highest BCUT2D eigenvalue weighted by Crippen LogP contribution is 2.51. The molecular weight excluding hydrogens is 468 g/mol. The molecule has 156 valence electrons. The van der Waals surface area contributed by atoms with Gasteiger partial charge in [-0.1, -0.05) is 0 Å². The first-order valence-electron chi connectivity index (χ1n) is 8.81. The Labute approximate surface area is 174 Å². The third kappa shape index (κ3) is 2.88. The van der Waals surface area contributed by atoms with Crippen LogP contribution < -0.4 is 5.56 Å². The molecule has 0 saturated carbocycles. The van der Waals surface area contributed by atoms with Crippen LogP contribution in [0.5, 0.6) is 0 Å². The van der Waals surface area contributed by atoms with E-state index >= 15 is 0 Å². The number of aryl methyl sites for hydroxylation is 1. The highest BCUT2D eigenvalue weighted by Gasteiger charge is 2.60. The van der Waals surface area contributed by atoms with Crippen molar-refractivity contribution in [1.29, 1.82) is 0 Å². The van der Waals surface area contributed by atoms with E-state index in [9.17, 15) is 23.1 Å². The molecule has 4 heterocycles. The van der Waals surface area contributed by atoms with Gasteiger partial charge < -0.3 is 19.0 Å². The lowest BCUT2D eigenvalue weighted by molar-refractivity contribution is -0.148. The maximum absolute atomic E-state index is 13.5. The van der Waals surface area contributed by atoms with Crippen LogP contribution >= 0.6 is 15.9 Å². The van der Waals surface area contributed by atoms with Crippen LogP contribution in [0.1, 0.15) is 11.7 Å². The van der Waals surface area contributed by atoms with E-state index < -0.39 is 46.5 Å². The van der Waals surface area contributed by atoms with Crippen molar-refractivity contribution < 1.29 is 23.1 Å². The molecule has 0 spiro atoms. The van der Waals surface area contributed by atoms with E-state index in [-0.39, 0.29) is 17.1 Å². The number of halogens is 1. The van der Waals surface area contributed by atoms with Crippen LogP contribution in [-0.4, -0.2) is 57.7 Å². The summed E-state index contributed by atoms with van der Waals surface area (Å²) >= 11 is 3.20. The lowest BCUT2D eigenvalue weighted by Gasteiger charge is -2.36. The zero-order valence-electron chi connectivity index (χ0n) is 15.6. The van der Waals surface area contributed by atoms with Crippen molar-refractivity contribution in [3.05, 3.63) is 45.2 Å². The van der Waals surface area contributed by atoms with E-state index in [4.69, 9.17) is 4.74 Å². The van der Waals surface area contributed by atoms with Crippen molar-refractivity contribution in [3.8, 4) is 0 Å². The molecule has 1 saturated heterocycles.